The van der Waals surface area contributed by atoms with Crippen molar-refractivity contribution in [2.24, 2.45) is 0 Å². The first-order valence-corrected chi connectivity index (χ1v) is 8.50. The van der Waals surface area contributed by atoms with Gasteiger partial charge in [-0.2, -0.15) is 11.8 Å². The molecule has 0 aliphatic rings. The van der Waals surface area contributed by atoms with E-state index in [9.17, 15) is 14.3 Å². The van der Waals surface area contributed by atoms with Crippen molar-refractivity contribution in [2.75, 3.05) is 23.9 Å². The maximum absolute atomic E-state index is 13.9. The average molecular weight is 337 g/mol. The monoisotopic (exact) mass is 337 g/mol. The lowest BCUT2D eigenvalue weighted by molar-refractivity contribution is 0.0876. The van der Waals surface area contributed by atoms with Gasteiger partial charge in [-0.15, -0.1) is 0 Å². The molecule has 1 atom stereocenters. The fourth-order valence-electron chi connectivity index (χ4n) is 2.08. The van der Waals surface area contributed by atoms with Crippen LogP contribution in [0.25, 0.3) is 5.69 Å². The van der Waals surface area contributed by atoms with Gasteiger partial charge in [0.25, 0.3) is 0 Å². The van der Waals surface area contributed by atoms with E-state index in [2.05, 4.69) is 10.6 Å². The lowest BCUT2D eigenvalue weighted by atomic mass is 10.1. The number of hydrogen-bond acceptors (Lipinski definition) is 3. The molecule has 0 aliphatic heterocycles. The molecule has 0 spiro atoms. The van der Waals surface area contributed by atoms with Crippen LogP contribution >= 0.6 is 11.8 Å². The highest BCUT2D eigenvalue weighted by Gasteiger charge is 2.20. The molecule has 7 heteroatoms. The summed E-state index contributed by atoms with van der Waals surface area (Å²) in [5.41, 5.74) is -0.193. The number of benzene rings is 1. The molecule has 0 unspecified atom stereocenters. The Hall–Kier alpha value is -1.99. The third kappa shape index (κ3) is 5.01. The second kappa shape index (κ2) is 7.52. The van der Waals surface area contributed by atoms with Gasteiger partial charge in [-0.25, -0.2) is 9.18 Å². The van der Waals surface area contributed by atoms with Gasteiger partial charge >= 0.3 is 6.03 Å². The standard InChI is InChI=1S/C16H20FN3O2S/c1-16(22,11-23-2)10-18-15(21)19-14-9-12(5-6-13(14)17)20-7-3-4-8-20/h3-9,22H,10-11H2,1-2H3,(H2,18,19,21)/t16-/m0/s1. The van der Waals surface area contributed by atoms with Crippen LogP contribution in [0.3, 0.4) is 0 Å². The molecule has 1 aromatic carbocycles. The summed E-state index contributed by atoms with van der Waals surface area (Å²) < 4.78 is 15.7. The molecule has 2 amide bonds. The van der Waals surface area contributed by atoms with Crippen molar-refractivity contribution in [3.8, 4) is 5.69 Å². The maximum Gasteiger partial charge on any atom is 0.319 e. The molecule has 0 aliphatic carbocycles. The summed E-state index contributed by atoms with van der Waals surface area (Å²) in [6, 6.07) is 7.63. The van der Waals surface area contributed by atoms with Crippen molar-refractivity contribution in [3.63, 3.8) is 0 Å². The first kappa shape index (κ1) is 17.4. The molecule has 23 heavy (non-hydrogen) atoms. The van der Waals surface area contributed by atoms with Crippen molar-refractivity contribution < 1.29 is 14.3 Å². The number of amides is 2. The summed E-state index contributed by atoms with van der Waals surface area (Å²) in [6.07, 6.45) is 5.53. The number of nitrogens with zero attached hydrogens (tertiary/aromatic N) is 1. The average Bonchev–Trinajstić information content (AvgIpc) is 3.02. The van der Waals surface area contributed by atoms with Gasteiger partial charge in [-0.3, -0.25) is 0 Å². The zero-order chi connectivity index (χ0) is 16.9. The van der Waals surface area contributed by atoms with Crippen molar-refractivity contribution in [3.05, 3.63) is 48.5 Å². The molecule has 1 aromatic heterocycles. The van der Waals surface area contributed by atoms with Gasteiger partial charge in [-0.05, 0) is 43.5 Å². The molecular formula is C16H20FN3O2S. The van der Waals surface area contributed by atoms with Crippen LogP contribution in [0.5, 0.6) is 0 Å². The minimum absolute atomic E-state index is 0.0817. The van der Waals surface area contributed by atoms with Crippen molar-refractivity contribution >= 4 is 23.5 Å². The molecule has 2 aromatic rings. The van der Waals surface area contributed by atoms with E-state index >= 15 is 0 Å². The summed E-state index contributed by atoms with van der Waals surface area (Å²) in [5.74, 6) is -0.0305. The van der Waals surface area contributed by atoms with E-state index in [1.807, 2.05) is 35.3 Å². The van der Waals surface area contributed by atoms with Crippen LogP contribution < -0.4 is 10.6 Å². The van der Waals surface area contributed by atoms with E-state index < -0.39 is 17.4 Å². The van der Waals surface area contributed by atoms with Crippen molar-refractivity contribution in [1.29, 1.82) is 0 Å². The number of halogens is 1. The summed E-state index contributed by atoms with van der Waals surface area (Å²) in [5, 5.41) is 15.0. The van der Waals surface area contributed by atoms with Gasteiger partial charge in [0.05, 0.1) is 11.3 Å². The molecular weight excluding hydrogens is 317 g/mol. The first-order chi connectivity index (χ1) is 10.9. The number of rotatable bonds is 6. The molecule has 2 rings (SSSR count). The highest BCUT2D eigenvalue weighted by molar-refractivity contribution is 7.98. The normalized spacial score (nSPS) is 13.4. The van der Waals surface area contributed by atoms with E-state index in [0.29, 0.717) is 5.75 Å². The largest absolute Gasteiger partial charge is 0.387 e. The van der Waals surface area contributed by atoms with Crippen LogP contribution in [-0.4, -0.2) is 39.9 Å². The molecule has 1 heterocycles. The molecule has 124 valence electrons. The number of urea groups is 1. The fraction of sp³-hybridized carbons (Fsp3) is 0.312. The predicted molar refractivity (Wildman–Crippen MR) is 91.8 cm³/mol. The number of nitrogens with one attached hydrogen (secondary N) is 2. The van der Waals surface area contributed by atoms with Gasteiger partial charge < -0.3 is 20.3 Å². The predicted octanol–water partition coefficient (Wildman–Crippen LogP) is 2.85. The van der Waals surface area contributed by atoms with Crippen molar-refractivity contribution in [2.45, 2.75) is 12.5 Å². The smallest absolute Gasteiger partial charge is 0.319 e. The van der Waals surface area contributed by atoms with Crippen molar-refractivity contribution in [1.82, 2.24) is 9.88 Å². The Balaban J connectivity index is 2.02. The first-order valence-electron chi connectivity index (χ1n) is 7.10. The highest BCUT2D eigenvalue weighted by Crippen LogP contribution is 2.19. The number of thioether (sulfide) groups is 1. The summed E-state index contributed by atoms with van der Waals surface area (Å²) in [4.78, 5) is 11.9. The fourth-order valence-corrected chi connectivity index (χ4v) is 2.80. The Morgan fingerprint density at radius 1 is 1.39 bits per heavy atom. The lowest BCUT2D eigenvalue weighted by Crippen LogP contribution is -2.44. The highest BCUT2D eigenvalue weighted by atomic mass is 32.2. The van der Waals surface area contributed by atoms with E-state index in [1.165, 1.54) is 17.8 Å². The number of carbonyl (C=O) groups excluding carboxylic acids is 1. The maximum atomic E-state index is 13.9. The van der Waals surface area contributed by atoms with Crippen LogP contribution in [0.4, 0.5) is 14.9 Å². The molecule has 0 saturated carbocycles. The summed E-state index contributed by atoms with van der Waals surface area (Å²) in [6.45, 7) is 1.72. The zero-order valence-electron chi connectivity index (χ0n) is 13.0. The Morgan fingerprint density at radius 2 is 2.09 bits per heavy atom. The van der Waals surface area contributed by atoms with Crippen LogP contribution in [0.2, 0.25) is 0 Å². The van der Waals surface area contributed by atoms with Gasteiger partial charge in [0.15, 0.2) is 0 Å². The number of carbonyl (C=O) groups is 1. The summed E-state index contributed by atoms with van der Waals surface area (Å²) >= 11 is 1.48. The molecule has 0 fully saturated rings. The zero-order valence-corrected chi connectivity index (χ0v) is 13.9. The Bertz CT molecular complexity index is 659. The second-order valence-electron chi connectivity index (χ2n) is 5.49. The second-order valence-corrected chi connectivity index (χ2v) is 6.36. The van der Waals surface area contributed by atoms with Gasteiger partial charge in [0.2, 0.25) is 0 Å². The number of hydrogen-bond donors (Lipinski definition) is 3. The van der Waals surface area contributed by atoms with E-state index in [4.69, 9.17) is 0 Å². The lowest BCUT2D eigenvalue weighted by Gasteiger charge is -2.22. The SMILES string of the molecule is CSC[C@@](C)(O)CNC(=O)Nc1cc(-n2cccc2)ccc1F. The molecule has 3 N–H and O–H groups in total. The van der Waals surface area contributed by atoms with E-state index in [0.717, 1.165) is 5.69 Å². The minimum atomic E-state index is -1.01. The molecule has 5 nitrogen and oxygen atoms in total. The van der Waals surface area contributed by atoms with Crippen LogP contribution in [0.15, 0.2) is 42.7 Å². The number of aliphatic hydroxyl groups is 1. The molecule has 0 saturated heterocycles. The topological polar surface area (TPSA) is 66.3 Å². The number of anilines is 1. The van der Waals surface area contributed by atoms with E-state index in [1.54, 1.807) is 19.1 Å². The van der Waals surface area contributed by atoms with Crippen LogP contribution in [-0.2, 0) is 0 Å². The van der Waals surface area contributed by atoms with Gasteiger partial charge in [0, 0.05) is 30.4 Å². The van der Waals surface area contributed by atoms with Crippen LogP contribution in [0, 0.1) is 5.82 Å². The minimum Gasteiger partial charge on any atom is -0.387 e. The Labute approximate surface area is 138 Å². The van der Waals surface area contributed by atoms with E-state index in [-0.39, 0.29) is 12.2 Å². The van der Waals surface area contributed by atoms with Gasteiger partial charge in [0.1, 0.15) is 5.82 Å². The number of aromatic nitrogens is 1. The quantitative estimate of drug-likeness (QED) is 0.759. The molecule has 0 bridgehead atoms. The molecule has 0 radical (unpaired) electrons. The third-order valence-corrected chi connectivity index (χ3v) is 4.10. The Morgan fingerprint density at radius 3 is 2.74 bits per heavy atom. The van der Waals surface area contributed by atoms with Gasteiger partial charge in [-0.1, -0.05) is 0 Å². The summed E-state index contributed by atoms with van der Waals surface area (Å²) in [7, 11) is 0. The Kier molecular flexibility index (Phi) is 5.68. The third-order valence-electron chi connectivity index (χ3n) is 3.19. The van der Waals surface area contributed by atoms with Crippen LogP contribution in [0.1, 0.15) is 6.92 Å².